The Balaban J connectivity index is 1.64. The van der Waals surface area contributed by atoms with Crippen LogP contribution in [0.2, 0.25) is 0 Å². The van der Waals surface area contributed by atoms with Gasteiger partial charge < -0.3 is 10.1 Å². The molecule has 0 radical (unpaired) electrons. The van der Waals surface area contributed by atoms with Crippen molar-refractivity contribution in [3.8, 4) is 0 Å². The summed E-state index contributed by atoms with van der Waals surface area (Å²) in [7, 11) is 0. The molecule has 158 valence electrons. The Morgan fingerprint density at radius 3 is 2.65 bits per heavy atom. The lowest BCUT2D eigenvalue weighted by Gasteiger charge is -2.21. The Morgan fingerprint density at radius 2 is 1.90 bits per heavy atom. The first-order valence-corrected chi connectivity index (χ1v) is 10.2. The molecule has 4 rings (SSSR count). The number of amides is 1. The zero-order valence-corrected chi connectivity index (χ0v) is 17.2. The normalized spacial score (nSPS) is 15.8. The predicted octanol–water partition coefficient (Wildman–Crippen LogP) is 3.25. The lowest BCUT2D eigenvalue weighted by molar-refractivity contribution is -0.141. The maximum absolute atomic E-state index is 12.7. The van der Waals surface area contributed by atoms with E-state index < -0.39 is 5.97 Å². The first-order valence-electron chi connectivity index (χ1n) is 10.2. The number of carboxylic acids is 1. The van der Waals surface area contributed by atoms with Crippen LogP contribution in [0.3, 0.4) is 0 Å². The number of hydrogen-bond acceptors (Lipinski definition) is 4. The quantitative estimate of drug-likeness (QED) is 0.643. The Hall–Kier alpha value is -3.74. The molecule has 0 fully saturated rings. The number of benzene rings is 2. The van der Waals surface area contributed by atoms with Crippen molar-refractivity contribution < 1.29 is 14.7 Å². The topological polar surface area (TPSA) is 103 Å². The summed E-state index contributed by atoms with van der Waals surface area (Å²) in [5.41, 5.74) is 3.84. The second kappa shape index (κ2) is 8.55. The maximum Gasteiger partial charge on any atom is 0.303 e. The molecule has 1 atom stereocenters. The number of aromatic amines is 1. The minimum atomic E-state index is -1.03. The largest absolute Gasteiger partial charge is 0.481 e. The first kappa shape index (κ1) is 20.5. The molecule has 7 nitrogen and oxygen atoms in total. The SMILES string of the molecule is Cc1cccc2cc(C[C@@H]3CC(c4ccccc4)=NN3C(=O)CCC(=O)O)c(=O)[nH]c12. The van der Waals surface area contributed by atoms with Crippen molar-refractivity contribution in [2.24, 2.45) is 5.10 Å². The molecule has 31 heavy (non-hydrogen) atoms. The summed E-state index contributed by atoms with van der Waals surface area (Å²) in [6.45, 7) is 1.94. The Kier molecular flexibility index (Phi) is 5.66. The average molecular weight is 417 g/mol. The van der Waals surface area contributed by atoms with Crippen molar-refractivity contribution in [3.63, 3.8) is 0 Å². The third kappa shape index (κ3) is 4.40. The summed E-state index contributed by atoms with van der Waals surface area (Å²) >= 11 is 0. The molecule has 1 aliphatic heterocycles. The van der Waals surface area contributed by atoms with Crippen molar-refractivity contribution in [2.45, 2.75) is 38.6 Å². The number of aryl methyl sites for hydroxylation is 1. The van der Waals surface area contributed by atoms with Gasteiger partial charge in [-0.3, -0.25) is 14.4 Å². The van der Waals surface area contributed by atoms with Gasteiger partial charge in [-0.2, -0.15) is 5.10 Å². The summed E-state index contributed by atoms with van der Waals surface area (Å²) in [5.74, 6) is -1.39. The number of hydrazone groups is 1. The number of nitrogens with zero attached hydrogens (tertiary/aromatic N) is 2. The van der Waals surface area contributed by atoms with E-state index in [2.05, 4.69) is 10.1 Å². The maximum atomic E-state index is 12.7. The molecule has 0 unspecified atom stereocenters. The molecule has 2 N–H and O–H groups in total. The van der Waals surface area contributed by atoms with Crippen molar-refractivity contribution in [1.29, 1.82) is 0 Å². The van der Waals surface area contributed by atoms with Crippen molar-refractivity contribution in [3.05, 3.63) is 81.6 Å². The van der Waals surface area contributed by atoms with Gasteiger partial charge in [-0.05, 0) is 29.5 Å². The third-order valence-corrected chi connectivity index (χ3v) is 5.54. The first-order chi connectivity index (χ1) is 14.9. The molecule has 3 aromatic rings. The number of fused-ring (bicyclic) bond motifs is 1. The number of rotatable bonds is 6. The molecular weight excluding hydrogens is 394 g/mol. The van der Waals surface area contributed by atoms with Crippen LogP contribution in [-0.2, 0) is 16.0 Å². The van der Waals surface area contributed by atoms with E-state index in [-0.39, 0.29) is 30.3 Å². The summed E-state index contributed by atoms with van der Waals surface area (Å²) in [6.07, 6.45) is 0.435. The third-order valence-electron chi connectivity index (χ3n) is 5.54. The van der Waals surface area contributed by atoms with E-state index in [1.54, 1.807) is 0 Å². The molecule has 0 spiro atoms. The number of carboxylic acid groups (broad SMARTS) is 1. The second-order valence-electron chi connectivity index (χ2n) is 7.77. The minimum Gasteiger partial charge on any atom is -0.481 e. The summed E-state index contributed by atoms with van der Waals surface area (Å²) in [6, 6.07) is 16.9. The van der Waals surface area contributed by atoms with Crippen LogP contribution < -0.4 is 5.56 Å². The van der Waals surface area contributed by atoms with Gasteiger partial charge in [0, 0.05) is 24.8 Å². The fourth-order valence-electron chi connectivity index (χ4n) is 3.95. The van der Waals surface area contributed by atoms with Crippen LogP contribution in [0.4, 0.5) is 0 Å². The van der Waals surface area contributed by atoms with Gasteiger partial charge >= 0.3 is 5.97 Å². The molecule has 1 amide bonds. The number of nitrogens with one attached hydrogen (secondary N) is 1. The lowest BCUT2D eigenvalue weighted by Crippen LogP contribution is -2.35. The zero-order valence-electron chi connectivity index (χ0n) is 17.2. The van der Waals surface area contributed by atoms with Gasteiger partial charge in [0.25, 0.3) is 5.56 Å². The molecule has 7 heteroatoms. The smallest absolute Gasteiger partial charge is 0.303 e. The summed E-state index contributed by atoms with van der Waals surface area (Å²) in [5, 5.41) is 15.8. The number of para-hydroxylation sites is 1. The number of carbonyl (C=O) groups excluding carboxylic acids is 1. The van der Waals surface area contributed by atoms with E-state index in [1.165, 1.54) is 5.01 Å². The van der Waals surface area contributed by atoms with Gasteiger partial charge in [-0.15, -0.1) is 0 Å². The van der Waals surface area contributed by atoms with E-state index >= 15 is 0 Å². The van der Waals surface area contributed by atoms with E-state index in [1.807, 2.05) is 61.5 Å². The van der Waals surface area contributed by atoms with Crippen LogP contribution in [-0.4, -0.2) is 38.7 Å². The Bertz CT molecular complexity index is 1230. The van der Waals surface area contributed by atoms with E-state index in [0.29, 0.717) is 18.4 Å². The van der Waals surface area contributed by atoms with Crippen molar-refractivity contribution >= 4 is 28.5 Å². The average Bonchev–Trinajstić information content (AvgIpc) is 3.18. The predicted molar refractivity (Wildman–Crippen MR) is 118 cm³/mol. The van der Waals surface area contributed by atoms with Gasteiger partial charge in [-0.25, -0.2) is 5.01 Å². The van der Waals surface area contributed by atoms with E-state index in [9.17, 15) is 14.4 Å². The van der Waals surface area contributed by atoms with Crippen LogP contribution in [0.25, 0.3) is 10.9 Å². The standard InChI is InChI=1S/C24H23N3O4/c1-15-6-5-9-17-12-18(24(31)25-23(15)17)13-19-14-20(16-7-3-2-4-8-16)26-27(19)21(28)10-11-22(29)30/h2-9,12,19H,10-11,13-14H2,1H3,(H,25,31)(H,29,30)/t19-/m1/s1. The highest BCUT2D eigenvalue weighted by Crippen LogP contribution is 2.25. The van der Waals surface area contributed by atoms with E-state index in [0.717, 1.165) is 27.7 Å². The highest BCUT2D eigenvalue weighted by molar-refractivity contribution is 6.03. The van der Waals surface area contributed by atoms with Crippen LogP contribution in [0.15, 0.2) is 64.5 Å². The highest BCUT2D eigenvalue weighted by Gasteiger charge is 2.32. The fourth-order valence-corrected chi connectivity index (χ4v) is 3.95. The van der Waals surface area contributed by atoms with Gasteiger partial charge in [-0.1, -0.05) is 48.5 Å². The molecule has 2 heterocycles. The number of aromatic nitrogens is 1. The molecular formula is C24H23N3O4. The second-order valence-corrected chi connectivity index (χ2v) is 7.77. The Morgan fingerprint density at radius 1 is 1.13 bits per heavy atom. The van der Waals surface area contributed by atoms with Crippen LogP contribution in [0.5, 0.6) is 0 Å². The number of aliphatic carboxylic acids is 1. The lowest BCUT2D eigenvalue weighted by atomic mass is 9.98. The highest BCUT2D eigenvalue weighted by atomic mass is 16.4. The van der Waals surface area contributed by atoms with Gasteiger partial charge in [0.05, 0.1) is 23.7 Å². The molecule has 0 saturated carbocycles. The van der Waals surface area contributed by atoms with Gasteiger partial charge in [0.1, 0.15) is 0 Å². The summed E-state index contributed by atoms with van der Waals surface area (Å²) in [4.78, 5) is 39.4. The fraction of sp³-hybridized carbons (Fsp3) is 0.250. The number of carbonyl (C=O) groups is 2. The van der Waals surface area contributed by atoms with Gasteiger partial charge in [0.15, 0.2) is 0 Å². The monoisotopic (exact) mass is 417 g/mol. The number of H-pyrrole nitrogens is 1. The molecule has 2 aromatic carbocycles. The number of hydrogen-bond donors (Lipinski definition) is 2. The molecule has 1 aliphatic rings. The van der Waals surface area contributed by atoms with Crippen molar-refractivity contribution in [1.82, 2.24) is 9.99 Å². The molecule has 0 saturated heterocycles. The van der Waals surface area contributed by atoms with Gasteiger partial charge in [0.2, 0.25) is 5.91 Å². The Labute approximate surface area is 179 Å². The minimum absolute atomic E-state index is 0.134. The van der Waals surface area contributed by atoms with Crippen LogP contribution in [0.1, 0.15) is 36.0 Å². The summed E-state index contributed by atoms with van der Waals surface area (Å²) < 4.78 is 0. The number of pyridine rings is 1. The van der Waals surface area contributed by atoms with E-state index in [4.69, 9.17) is 5.11 Å². The molecule has 0 aliphatic carbocycles. The zero-order chi connectivity index (χ0) is 22.0. The molecule has 1 aromatic heterocycles. The van der Waals surface area contributed by atoms with Crippen LogP contribution in [0, 0.1) is 6.92 Å². The van der Waals surface area contributed by atoms with Crippen molar-refractivity contribution in [2.75, 3.05) is 0 Å². The molecule has 0 bridgehead atoms. The van der Waals surface area contributed by atoms with Crippen LogP contribution >= 0.6 is 0 Å².